The Hall–Kier alpha value is -1.82. The van der Waals surface area contributed by atoms with Gasteiger partial charge in [0.05, 0.1) is 30.3 Å². The van der Waals surface area contributed by atoms with Gasteiger partial charge in [-0.3, -0.25) is 4.79 Å². The van der Waals surface area contributed by atoms with Crippen molar-refractivity contribution in [2.45, 2.75) is 12.8 Å². The molecule has 1 fully saturated rings. The second kappa shape index (κ2) is 5.05. The van der Waals surface area contributed by atoms with Crippen LogP contribution >= 0.6 is 12.2 Å². The highest BCUT2D eigenvalue weighted by atomic mass is 32.1. The molecule has 0 radical (unpaired) electrons. The molecule has 3 N–H and O–H groups in total. The monoisotopic (exact) mass is 280 g/mol. The lowest BCUT2D eigenvalue weighted by Crippen LogP contribution is -2.35. The van der Waals surface area contributed by atoms with E-state index in [2.05, 4.69) is 5.32 Å². The van der Waals surface area contributed by atoms with Crippen molar-refractivity contribution in [1.29, 1.82) is 0 Å². The van der Waals surface area contributed by atoms with Gasteiger partial charge in [-0.15, -0.1) is 0 Å². The van der Waals surface area contributed by atoms with Crippen LogP contribution in [-0.4, -0.2) is 25.1 Å². The fourth-order valence-electron chi connectivity index (χ4n) is 1.86. The van der Waals surface area contributed by atoms with Crippen LogP contribution in [0.4, 0.5) is 5.69 Å². The summed E-state index contributed by atoms with van der Waals surface area (Å²) in [6.07, 6.45) is 1.39. The van der Waals surface area contributed by atoms with Crippen molar-refractivity contribution >= 4 is 28.8 Å². The average molecular weight is 280 g/mol. The Morgan fingerprint density at radius 2 is 2.05 bits per heavy atom. The van der Waals surface area contributed by atoms with Crippen LogP contribution in [0.2, 0.25) is 0 Å². The first kappa shape index (κ1) is 13.6. The van der Waals surface area contributed by atoms with Gasteiger partial charge in [0, 0.05) is 6.07 Å². The molecule has 1 amide bonds. The van der Waals surface area contributed by atoms with E-state index in [-0.39, 0.29) is 10.9 Å². The number of benzene rings is 1. The zero-order chi connectivity index (χ0) is 14.0. The number of amides is 1. The maximum atomic E-state index is 12.2. The van der Waals surface area contributed by atoms with Crippen LogP contribution in [0.5, 0.6) is 11.5 Å². The molecule has 0 saturated heterocycles. The quantitative estimate of drug-likeness (QED) is 0.803. The summed E-state index contributed by atoms with van der Waals surface area (Å²) in [5.74, 6) is 1.01. The van der Waals surface area contributed by atoms with Gasteiger partial charge in [-0.1, -0.05) is 12.2 Å². The van der Waals surface area contributed by atoms with Crippen molar-refractivity contribution in [1.82, 2.24) is 0 Å². The van der Waals surface area contributed by atoms with Gasteiger partial charge in [0.15, 0.2) is 0 Å². The first-order valence-electron chi connectivity index (χ1n) is 5.87. The van der Waals surface area contributed by atoms with Gasteiger partial charge >= 0.3 is 0 Å². The fraction of sp³-hybridized carbons (Fsp3) is 0.385. The molecule has 0 unspecified atom stereocenters. The van der Waals surface area contributed by atoms with Crippen LogP contribution < -0.4 is 20.5 Å². The predicted octanol–water partition coefficient (Wildman–Crippen LogP) is 1.71. The minimum Gasteiger partial charge on any atom is -0.497 e. The van der Waals surface area contributed by atoms with Gasteiger partial charge in [0.1, 0.15) is 11.5 Å². The fourth-order valence-corrected chi connectivity index (χ4v) is 2.16. The molecule has 0 bridgehead atoms. The Labute approximate surface area is 117 Å². The second-order valence-electron chi connectivity index (χ2n) is 4.47. The normalized spacial score (nSPS) is 15.5. The molecule has 0 aliphatic heterocycles. The Morgan fingerprint density at radius 1 is 1.37 bits per heavy atom. The van der Waals surface area contributed by atoms with Crippen LogP contribution in [0, 0.1) is 5.41 Å². The zero-order valence-electron chi connectivity index (χ0n) is 10.9. The number of methoxy groups -OCH3 is 2. The molecule has 5 nitrogen and oxygen atoms in total. The third kappa shape index (κ3) is 2.49. The average Bonchev–Trinajstić information content (AvgIpc) is 3.20. The van der Waals surface area contributed by atoms with Crippen LogP contribution in [0.15, 0.2) is 18.2 Å². The van der Waals surface area contributed by atoms with Crippen molar-refractivity contribution < 1.29 is 14.3 Å². The molecule has 0 spiro atoms. The summed E-state index contributed by atoms with van der Waals surface area (Å²) in [4.78, 5) is 12.5. The number of nitrogens with one attached hydrogen (secondary N) is 1. The standard InChI is InChI=1S/C13H16N2O3S/c1-17-8-3-4-10(18-2)9(7-8)15-12(16)13(5-6-13)11(14)19/h3-4,7H,5-6H2,1-2H3,(H2,14,19)(H,15,16). The van der Waals surface area contributed by atoms with Gasteiger partial charge in [0.25, 0.3) is 0 Å². The molecule has 1 aromatic carbocycles. The topological polar surface area (TPSA) is 73.6 Å². The molecular weight excluding hydrogens is 264 g/mol. The molecule has 0 aromatic heterocycles. The maximum Gasteiger partial charge on any atom is 0.237 e. The van der Waals surface area contributed by atoms with E-state index in [1.54, 1.807) is 25.3 Å². The first-order chi connectivity index (χ1) is 9.03. The van der Waals surface area contributed by atoms with E-state index in [9.17, 15) is 4.79 Å². The maximum absolute atomic E-state index is 12.2. The van der Waals surface area contributed by atoms with Crippen LogP contribution in [0.25, 0.3) is 0 Å². The number of nitrogens with two attached hydrogens (primary N) is 1. The number of anilines is 1. The van der Waals surface area contributed by atoms with E-state index >= 15 is 0 Å². The Balaban J connectivity index is 2.23. The van der Waals surface area contributed by atoms with Gasteiger partial charge in [-0.05, 0) is 25.0 Å². The van der Waals surface area contributed by atoms with E-state index in [0.717, 1.165) is 0 Å². The molecule has 1 aliphatic rings. The lowest BCUT2D eigenvalue weighted by Gasteiger charge is -2.16. The molecule has 102 valence electrons. The van der Waals surface area contributed by atoms with Crippen molar-refractivity contribution in [3.8, 4) is 11.5 Å². The van der Waals surface area contributed by atoms with Crippen molar-refractivity contribution in [2.75, 3.05) is 19.5 Å². The highest BCUT2D eigenvalue weighted by Gasteiger charge is 2.52. The molecule has 1 saturated carbocycles. The number of carbonyl (C=O) groups is 1. The molecule has 0 atom stereocenters. The van der Waals surface area contributed by atoms with Crippen molar-refractivity contribution in [3.63, 3.8) is 0 Å². The summed E-state index contributed by atoms with van der Waals surface area (Å²) in [6.45, 7) is 0. The van der Waals surface area contributed by atoms with E-state index in [0.29, 0.717) is 30.0 Å². The number of thiocarbonyl (C=S) groups is 1. The van der Waals surface area contributed by atoms with Gasteiger partial charge in [0.2, 0.25) is 5.91 Å². The Bertz CT molecular complexity index is 527. The number of rotatable bonds is 5. The molecule has 19 heavy (non-hydrogen) atoms. The van der Waals surface area contributed by atoms with Gasteiger partial charge in [-0.25, -0.2) is 0 Å². The number of hydrogen-bond acceptors (Lipinski definition) is 4. The smallest absolute Gasteiger partial charge is 0.237 e. The van der Waals surface area contributed by atoms with Crippen LogP contribution in [0.3, 0.4) is 0 Å². The Kier molecular flexibility index (Phi) is 3.61. The summed E-state index contributed by atoms with van der Waals surface area (Å²) in [5, 5.41) is 2.81. The minimum atomic E-state index is -0.691. The van der Waals surface area contributed by atoms with Crippen LogP contribution in [0.1, 0.15) is 12.8 Å². The summed E-state index contributed by atoms with van der Waals surface area (Å²) in [5.41, 5.74) is 5.49. The Morgan fingerprint density at radius 3 is 2.53 bits per heavy atom. The van der Waals surface area contributed by atoms with Crippen molar-refractivity contribution in [2.24, 2.45) is 11.1 Å². The van der Waals surface area contributed by atoms with E-state index in [1.807, 2.05) is 0 Å². The zero-order valence-corrected chi connectivity index (χ0v) is 11.7. The largest absolute Gasteiger partial charge is 0.497 e. The molecule has 6 heteroatoms. The minimum absolute atomic E-state index is 0.188. The SMILES string of the molecule is COc1ccc(OC)c(NC(=O)C2(C(N)=S)CC2)c1. The third-order valence-corrected chi connectivity index (χ3v) is 3.70. The highest BCUT2D eigenvalue weighted by Crippen LogP contribution is 2.47. The second-order valence-corrected chi connectivity index (χ2v) is 4.91. The molecular formula is C13H16N2O3S. The van der Waals surface area contributed by atoms with Gasteiger partial charge in [-0.2, -0.15) is 0 Å². The summed E-state index contributed by atoms with van der Waals surface area (Å²) in [7, 11) is 3.10. The number of hydrogen-bond donors (Lipinski definition) is 2. The molecule has 2 rings (SSSR count). The molecule has 1 aliphatic carbocycles. The third-order valence-electron chi connectivity index (χ3n) is 3.31. The lowest BCUT2D eigenvalue weighted by atomic mass is 10.1. The molecule has 1 aromatic rings. The van der Waals surface area contributed by atoms with Gasteiger partial charge < -0.3 is 20.5 Å². The number of ether oxygens (including phenoxy) is 2. The summed E-state index contributed by atoms with van der Waals surface area (Å²) < 4.78 is 10.3. The first-order valence-corrected chi connectivity index (χ1v) is 6.28. The number of carbonyl (C=O) groups excluding carboxylic acids is 1. The summed E-state index contributed by atoms with van der Waals surface area (Å²) >= 11 is 4.96. The van der Waals surface area contributed by atoms with Crippen molar-refractivity contribution in [3.05, 3.63) is 18.2 Å². The van der Waals surface area contributed by atoms with E-state index < -0.39 is 5.41 Å². The van der Waals surface area contributed by atoms with E-state index in [4.69, 9.17) is 27.4 Å². The highest BCUT2D eigenvalue weighted by molar-refractivity contribution is 7.80. The van der Waals surface area contributed by atoms with E-state index in [1.165, 1.54) is 7.11 Å². The predicted molar refractivity (Wildman–Crippen MR) is 76.6 cm³/mol. The lowest BCUT2D eigenvalue weighted by molar-refractivity contribution is -0.118. The molecule has 0 heterocycles. The van der Waals surface area contributed by atoms with Crippen LogP contribution in [-0.2, 0) is 4.79 Å². The summed E-state index contributed by atoms with van der Waals surface area (Å²) in [6, 6.07) is 5.19.